The van der Waals surface area contributed by atoms with Crippen LogP contribution in [0.3, 0.4) is 0 Å². The first-order chi connectivity index (χ1) is 20.8. The summed E-state index contributed by atoms with van der Waals surface area (Å²) >= 11 is 0. The van der Waals surface area contributed by atoms with Gasteiger partial charge in [0.15, 0.2) is 64.5 Å². The molecule has 1 fully saturated rings. The Bertz CT molecular complexity index is 1490. The fourth-order valence-corrected chi connectivity index (χ4v) is 4.21. The lowest BCUT2D eigenvalue weighted by molar-refractivity contribution is -0.217. The molecule has 0 spiro atoms. The minimum atomic E-state index is -1.79. The van der Waals surface area contributed by atoms with E-state index in [9.17, 15) is 55.5 Å². The lowest BCUT2D eigenvalue weighted by atomic mass is 9.99. The van der Waals surface area contributed by atoms with Crippen LogP contribution < -0.4 is 4.74 Å². The number of carbonyl (C=O) groups is 2. The number of ether oxygens (including phenoxy) is 5. The number of phenolic OH excluding ortho intramolecular Hbond substituents is 7. The molecule has 3 aromatic rings. The standard InChI is InChI=1S/C28H28O16/c1-40-19-8-11(2-3-14(19)29)27(38)44-25-21(43-28(39)13-6-17(32)23(35)18(33)7-13)10-41-20(24(25)36)9-42-26(37)12-4-15(30)22(34)16(31)5-12/h2-8,20-21,24-26,29-37H,9-10H2,1H3. The van der Waals surface area contributed by atoms with Crippen molar-refractivity contribution in [2.45, 2.75) is 30.7 Å². The Morgan fingerprint density at radius 1 is 0.818 bits per heavy atom. The molecule has 9 N–H and O–H groups in total. The van der Waals surface area contributed by atoms with Crippen LogP contribution in [0, 0.1) is 0 Å². The zero-order valence-corrected chi connectivity index (χ0v) is 22.7. The number of rotatable bonds is 9. The largest absolute Gasteiger partial charge is 0.504 e. The number of phenols is 7. The lowest BCUT2D eigenvalue weighted by Crippen LogP contribution is -2.57. The Kier molecular flexibility index (Phi) is 9.39. The molecular formula is C28H28O16. The van der Waals surface area contributed by atoms with Crippen LogP contribution in [0.15, 0.2) is 42.5 Å². The average molecular weight is 621 g/mol. The summed E-state index contributed by atoms with van der Waals surface area (Å²) in [5.74, 6) is -7.37. The number of hydrogen-bond donors (Lipinski definition) is 9. The SMILES string of the molecule is COc1cc(C(=O)OC2C(OC(=O)c3cc(O)c(O)c(O)c3)COC(COC(O)c3cc(O)c(O)c(O)c3)C2O)ccc1O. The second kappa shape index (κ2) is 13.0. The molecule has 44 heavy (non-hydrogen) atoms. The Labute approximate surface area is 247 Å². The van der Waals surface area contributed by atoms with E-state index in [1.165, 1.54) is 13.2 Å². The highest BCUT2D eigenvalue weighted by molar-refractivity contribution is 5.92. The van der Waals surface area contributed by atoms with Crippen LogP contribution in [0.2, 0.25) is 0 Å². The topological polar surface area (TPSA) is 262 Å². The molecule has 4 rings (SSSR count). The van der Waals surface area contributed by atoms with Crippen molar-refractivity contribution in [3.63, 3.8) is 0 Å². The molecule has 5 atom stereocenters. The number of carbonyl (C=O) groups excluding carboxylic acids is 2. The molecule has 16 nitrogen and oxygen atoms in total. The Hall–Kier alpha value is -5.16. The zero-order valence-electron chi connectivity index (χ0n) is 22.7. The number of aromatic hydroxyl groups is 7. The summed E-state index contributed by atoms with van der Waals surface area (Å²) in [6, 6.07) is 6.97. The van der Waals surface area contributed by atoms with E-state index in [1.54, 1.807) is 0 Å². The van der Waals surface area contributed by atoms with Crippen molar-refractivity contribution < 1.29 is 79.2 Å². The number of methoxy groups -OCH3 is 1. The minimum absolute atomic E-state index is 0.0616. The maximum atomic E-state index is 13.0. The summed E-state index contributed by atoms with van der Waals surface area (Å²) in [6.45, 7) is -1.06. The number of esters is 2. The van der Waals surface area contributed by atoms with E-state index in [-0.39, 0.29) is 22.6 Å². The summed E-state index contributed by atoms with van der Waals surface area (Å²) in [5, 5.41) is 89.2. The van der Waals surface area contributed by atoms with Gasteiger partial charge in [-0.25, -0.2) is 9.59 Å². The predicted octanol–water partition coefficient (Wildman–Crippen LogP) is 0.853. The maximum Gasteiger partial charge on any atom is 0.338 e. The molecule has 0 amide bonds. The first kappa shape index (κ1) is 31.8. The number of aliphatic hydroxyl groups excluding tert-OH is 2. The number of hydrogen-bond acceptors (Lipinski definition) is 16. The van der Waals surface area contributed by atoms with Gasteiger partial charge in [0, 0.05) is 5.56 Å². The Morgan fingerprint density at radius 2 is 1.39 bits per heavy atom. The number of benzene rings is 3. The van der Waals surface area contributed by atoms with Gasteiger partial charge < -0.3 is 69.6 Å². The summed E-state index contributed by atoms with van der Waals surface area (Å²) in [4.78, 5) is 25.9. The van der Waals surface area contributed by atoms with E-state index in [0.29, 0.717) is 0 Å². The maximum absolute atomic E-state index is 13.0. The third kappa shape index (κ3) is 6.73. The molecule has 3 aromatic carbocycles. The van der Waals surface area contributed by atoms with E-state index in [4.69, 9.17) is 23.7 Å². The van der Waals surface area contributed by atoms with Crippen molar-refractivity contribution >= 4 is 11.9 Å². The molecule has 1 heterocycles. The molecule has 5 unspecified atom stereocenters. The number of aliphatic hydroxyl groups is 2. The van der Waals surface area contributed by atoms with Gasteiger partial charge in [-0.1, -0.05) is 0 Å². The quantitative estimate of drug-likeness (QED) is 0.0912. The average Bonchev–Trinajstić information content (AvgIpc) is 2.99. The van der Waals surface area contributed by atoms with Gasteiger partial charge in [-0.2, -0.15) is 0 Å². The second-order valence-electron chi connectivity index (χ2n) is 9.52. The molecule has 236 valence electrons. The molecule has 1 aliphatic heterocycles. The van der Waals surface area contributed by atoms with Gasteiger partial charge >= 0.3 is 11.9 Å². The highest BCUT2D eigenvalue weighted by Gasteiger charge is 2.45. The first-order valence-electron chi connectivity index (χ1n) is 12.7. The summed E-state index contributed by atoms with van der Waals surface area (Å²) in [7, 11) is 1.25. The highest BCUT2D eigenvalue weighted by atomic mass is 16.6. The van der Waals surface area contributed by atoms with Crippen LogP contribution in [0.1, 0.15) is 32.6 Å². The normalized spacial score (nSPS) is 20.4. The monoisotopic (exact) mass is 620 g/mol. The minimum Gasteiger partial charge on any atom is -0.504 e. The highest BCUT2D eigenvalue weighted by Crippen LogP contribution is 2.38. The van der Waals surface area contributed by atoms with Crippen molar-refractivity contribution in [2.24, 2.45) is 0 Å². The van der Waals surface area contributed by atoms with Gasteiger partial charge in [0.05, 0.1) is 31.5 Å². The van der Waals surface area contributed by atoms with E-state index in [2.05, 4.69) is 0 Å². The van der Waals surface area contributed by atoms with Crippen LogP contribution in [0.25, 0.3) is 0 Å². The fraction of sp³-hybridized carbons (Fsp3) is 0.286. The second-order valence-corrected chi connectivity index (χ2v) is 9.52. The van der Waals surface area contributed by atoms with Crippen molar-refractivity contribution in [1.82, 2.24) is 0 Å². The third-order valence-electron chi connectivity index (χ3n) is 6.58. The van der Waals surface area contributed by atoms with Gasteiger partial charge in [-0.05, 0) is 42.5 Å². The van der Waals surface area contributed by atoms with Gasteiger partial charge in [0.2, 0.25) is 0 Å². The molecular weight excluding hydrogens is 592 g/mol. The van der Waals surface area contributed by atoms with E-state index >= 15 is 0 Å². The Morgan fingerprint density at radius 3 is 1.98 bits per heavy atom. The molecule has 0 bridgehead atoms. The molecule has 16 heteroatoms. The van der Waals surface area contributed by atoms with Gasteiger partial charge in [-0.3, -0.25) is 0 Å². The molecule has 0 aliphatic carbocycles. The van der Waals surface area contributed by atoms with Crippen LogP contribution in [-0.2, 0) is 18.9 Å². The predicted molar refractivity (Wildman–Crippen MR) is 143 cm³/mol. The molecule has 0 radical (unpaired) electrons. The van der Waals surface area contributed by atoms with Gasteiger partial charge in [-0.15, -0.1) is 0 Å². The molecule has 0 aromatic heterocycles. The van der Waals surface area contributed by atoms with Crippen molar-refractivity contribution in [2.75, 3.05) is 20.3 Å². The fourth-order valence-electron chi connectivity index (χ4n) is 4.21. The van der Waals surface area contributed by atoms with Crippen LogP contribution >= 0.6 is 0 Å². The van der Waals surface area contributed by atoms with Gasteiger partial charge in [0.1, 0.15) is 12.2 Å². The van der Waals surface area contributed by atoms with Crippen molar-refractivity contribution in [3.8, 4) is 46.0 Å². The summed E-state index contributed by atoms with van der Waals surface area (Å²) in [5.41, 5.74) is -0.693. The third-order valence-corrected chi connectivity index (χ3v) is 6.58. The first-order valence-corrected chi connectivity index (χ1v) is 12.7. The molecule has 1 aliphatic rings. The Balaban J connectivity index is 1.54. The summed E-state index contributed by atoms with van der Waals surface area (Å²) < 4.78 is 26.6. The van der Waals surface area contributed by atoms with E-state index in [0.717, 1.165) is 36.4 Å². The van der Waals surface area contributed by atoms with Crippen LogP contribution in [0.4, 0.5) is 0 Å². The van der Waals surface area contributed by atoms with E-state index < -0.39 is 95.9 Å². The molecule has 1 saturated heterocycles. The van der Waals surface area contributed by atoms with Crippen molar-refractivity contribution in [1.29, 1.82) is 0 Å². The molecule has 0 saturated carbocycles. The van der Waals surface area contributed by atoms with Gasteiger partial charge in [0.25, 0.3) is 0 Å². The van der Waals surface area contributed by atoms with E-state index in [1.807, 2.05) is 0 Å². The lowest BCUT2D eigenvalue weighted by Gasteiger charge is -2.39. The zero-order chi connectivity index (χ0) is 32.3. The smallest absolute Gasteiger partial charge is 0.338 e. The summed E-state index contributed by atoms with van der Waals surface area (Å²) in [6.07, 6.45) is -7.98. The van der Waals surface area contributed by atoms with Crippen LogP contribution in [-0.4, -0.2) is 103 Å². The van der Waals surface area contributed by atoms with Crippen LogP contribution in [0.5, 0.6) is 46.0 Å². The van der Waals surface area contributed by atoms with Crippen molar-refractivity contribution in [3.05, 3.63) is 59.2 Å².